The Bertz CT molecular complexity index is 675. The molecule has 0 saturated carbocycles. The Hall–Kier alpha value is -1.51. The van der Waals surface area contributed by atoms with E-state index in [-0.39, 0.29) is 11.9 Å². The van der Waals surface area contributed by atoms with Crippen LogP contribution in [0.4, 0.5) is 0 Å². The van der Waals surface area contributed by atoms with E-state index in [1.54, 1.807) is 18.2 Å². The number of carbonyl (C=O) groups is 1. The summed E-state index contributed by atoms with van der Waals surface area (Å²) in [6.45, 7) is 1.95. The van der Waals surface area contributed by atoms with Gasteiger partial charge in [-0.15, -0.1) is 0 Å². The summed E-state index contributed by atoms with van der Waals surface area (Å²) in [4.78, 5) is 12.2. The second-order valence-corrected chi connectivity index (χ2v) is 5.81. The largest absolute Gasteiger partial charge is 0.484 e. The Morgan fingerprint density at radius 3 is 2.50 bits per heavy atom. The van der Waals surface area contributed by atoms with Gasteiger partial charge in [-0.2, -0.15) is 0 Å². The molecule has 0 amide bonds. The van der Waals surface area contributed by atoms with Crippen LogP contribution in [-0.2, 0) is 0 Å². The van der Waals surface area contributed by atoms with Crippen molar-refractivity contribution >= 4 is 29.0 Å². The highest BCUT2D eigenvalue weighted by molar-refractivity contribution is 6.34. The SMILES string of the molecule is Cc1ccc2c(c1)C(=O)CC(c1cc(Cl)cc(Cl)c1)O2. The van der Waals surface area contributed by atoms with Gasteiger partial charge in [0.25, 0.3) is 0 Å². The van der Waals surface area contributed by atoms with Crippen LogP contribution in [0.5, 0.6) is 5.75 Å². The van der Waals surface area contributed by atoms with Crippen LogP contribution in [0.3, 0.4) is 0 Å². The maximum Gasteiger partial charge on any atom is 0.170 e. The number of hydrogen-bond donors (Lipinski definition) is 0. The highest BCUT2D eigenvalue weighted by Crippen LogP contribution is 2.36. The van der Waals surface area contributed by atoms with Gasteiger partial charge in [-0.05, 0) is 42.8 Å². The molecule has 3 rings (SSSR count). The van der Waals surface area contributed by atoms with Crippen molar-refractivity contribution in [3.8, 4) is 5.75 Å². The predicted molar refractivity (Wildman–Crippen MR) is 80.0 cm³/mol. The van der Waals surface area contributed by atoms with Crippen molar-refractivity contribution in [2.24, 2.45) is 0 Å². The maximum atomic E-state index is 12.2. The van der Waals surface area contributed by atoms with Crippen LogP contribution in [-0.4, -0.2) is 5.78 Å². The van der Waals surface area contributed by atoms with E-state index in [1.165, 1.54) is 0 Å². The van der Waals surface area contributed by atoms with Crippen LogP contribution in [0.2, 0.25) is 10.0 Å². The average molecular weight is 307 g/mol. The van der Waals surface area contributed by atoms with Crippen LogP contribution in [0, 0.1) is 6.92 Å². The van der Waals surface area contributed by atoms with E-state index in [4.69, 9.17) is 27.9 Å². The monoisotopic (exact) mass is 306 g/mol. The summed E-state index contributed by atoms with van der Waals surface area (Å²) in [6.07, 6.45) is -0.0402. The van der Waals surface area contributed by atoms with E-state index in [0.717, 1.165) is 11.1 Å². The van der Waals surface area contributed by atoms with Gasteiger partial charge in [0.2, 0.25) is 0 Å². The third-order valence-corrected chi connectivity index (χ3v) is 3.77. The Balaban J connectivity index is 1.99. The van der Waals surface area contributed by atoms with Gasteiger partial charge in [-0.1, -0.05) is 34.8 Å². The molecule has 0 spiro atoms. The van der Waals surface area contributed by atoms with Crippen LogP contribution in [0.25, 0.3) is 0 Å². The van der Waals surface area contributed by atoms with Gasteiger partial charge >= 0.3 is 0 Å². The summed E-state index contributed by atoms with van der Waals surface area (Å²) in [5.74, 6) is 0.698. The summed E-state index contributed by atoms with van der Waals surface area (Å²) in [5, 5.41) is 1.08. The normalized spacial score (nSPS) is 17.6. The van der Waals surface area contributed by atoms with Gasteiger partial charge in [0.05, 0.1) is 12.0 Å². The molecular formula is C16H12Cl2O2. The highest BCUT2D eigenvalue weighted by Gasteiger charge is 2.28. The summed E-state index contributed by atoms with van der Waals surface area (Å²) < 4.78 is 5.92. The Morgan fingerprint density at radius 2 is 1.80 bits per heavy atom. The van der Waals surface area contributed by atoms with Gasteiger partial charge in [-0.25, -0.2) is 0 Å². The van der Waals surface area contributed by atoms with Crippen LogP contribution in [0.1, 0.15) is 34.0 Å². The minimum Gasteiger partial charge on any atom is -0.484 e. The first-order chi connectivity index (χ1) is 9.52. The number of aryl methyl sites for hydroxylation is 1. The van der Waals surface area contributed by atoms with E-state index < -0.39 is 0 Å². The summed E-state index contributed by atoms with van der Waals surface area (Å²) in [6, 6.07) is 10.9. The first-order valence-corrected chi connectivity index (χ1v) is 7.05. The Kier molecular flexibility index (Phi) is 3.45. The second-order valence-electron chi connectivity index (χ2n) is 4.94. The number of benzene rings is 2. The quantitative estimate of drug-likeness (QED) is 0.740. The van der Waals surface area contributed by atoms with Crippen molar-refractivity contribution in [1.29, 1.82) is 0 Å². The van der Waals surface area contributed by atoms with Gasteiger partial charge < -0.3 is 4.74 Å². The number of rotatable bonds is 1. The molecule has 0 bridgehead atoms. The van der Waals surface area contributed by atoms with Gasteiger partial charge in [0.15, 0.2) is 5.78 Å². The molecule has 1 heterocycles. The first-order valence-electron chi connectivity index (χ1n) is 6.29. The standard InChI is InChI=1S/C16H12Cl2O2/c1-9-2-3-15-13(4-9)14(19)8-16(20-15)10-5-11(17)7-12(18)6-10/h2-7,16H,8H2,1H3. The van der Waals surface area contributed by atoms with E-state index in [1.807, 2.05) is 25.1 Å². The molecule has 2 aromatic rings. The predicted octanol–water partition coefficient (Wildman–Crippen LogP) is 5.01. The molecule has 0 aliphatic carbocycles. The molecular weight excluding hydrogens is 295 g/mol. The lowest BCUT2D eigenvalue weighted by Gasteiger charge is -2.26. The van der Waals surface area contributed by atoms with Crippen LogP contribution < -0.4 is 4.74 Å². The minimum atomic E-state index is -0.339. The average Bonchev–Trinajstić information content (AvgIpc) is 2.38. The van der Waals surface area contributed by atoms with Crippen molar-refractivity contribution in [1.82, 2.24) is 0 Å². The molecule has 2 aromatic carbocycles. The third-order valence-electron chi connectivity index (χ3n) is 3.33. The fourth-order valence-electron chi connectivity index (χ4n) is 2.38. The van der Waals surface area contributed by atoms with Gasteiger partial charge in [0, 0.05) is 10.0 Å². The topological polar surface area (TPSA) is 26.3 Å². The van der Waals surface area contributed by atoms with Crippen molar-refractivity contribution in [2.45, 2.75) is 19.4 Å². The molecule has 0 N–H and O–H groups in total. The Labute approximate surface area is 127 Å². The molecule has 1 unspecified atom stereocenters. The zero-order valence-electron chi connectivity index (χ0n) is 10.8. The van der Waals surface area contributed by atoms with Crippen molar-refractivity contribution in [3.63, 3.8) is 0 Å². The van der Waals surface area contributed by atoms with Crippen LogP contribution in [0.15, 0.2) is 36.4 Å². The van der Waals surface area contributed by atoms with Gasteiger partial charge in [0.1, 0.15) is 11.9 Å². The minimum absolute atomic E-state index is 0.0797. The molecule has 0 radical (unpaired) electrons. The number of Topliss-reactive ketones (excluding diaryl/α,β-unsaturated/α-hetero) is 1. The highest BCUT2D eigenvalue weighted by atomic mass is 35.5. The third kappa shape index (κ3) is 2.54. The number of hydrogen-bond acceptors (Lipinski definition) is 2. The molecule has 0 fully saturated rings. The molecule has 1 atom stereocenters. The lowest BCUT2D eigenvalue weighted by molar-refractivity contribution is 0.0850. The second kappa shape index (κ2) is 5.12. The number of carbonyl (C=O) groups excluding carboxylic acids is 1. The van der Waals surface area contributed by atoms with Crippen molar-refractivity contribution in [3.05, 3.63) is 63.1 Å². The molecule has 0 saturated heterocycles. The molecule has 1 aliphatic rings. The number of halogens is 2. The molecule has 102 valence electrons. The lowest BCUT2D eigenvalue weighted by Crippen LogP contribution is -2.20. The summed E-state index contributed by atoms with van der Waals surface area (Å²) in [5.41, 5.74) is 2.52. The number of fused-ring (bicyclic) bond motifs is 1. The zero-order valence-corrected chi connectivity index (χ0v) is 12.3. The van der Waals surface area contributed by atoms with Crippen molar-refractivity contribution in [2.75, 3.05) is 0 Å². The summed E-state index contributed by atoms with van der Waals surface area (Å²) >= 11 is 12.0. The molecule has 4 heteroatoms. The fraction of sp³-hybridized carbons (Fsp3) is 0.188. The number of ether oxygens (including phenoxy) is 1. The first kappa shape index (κ1) is 13.5. The molecule has 2 nitrogen and oxygen atoms in total. The lowest BCUT2D eigenvalue weighted by atomic mass is 9.95. The summed E-state index contributed by atoms with van der Waals surface area (Å²) in [7, 11) is 0. The molecule has 20 heavy (non-hydrogen) atoms. The van der Waals surface area contributed by atoms with E-state index in [9.17, 15) is 4.79 Å². The van der Waals surface area contributed by atoms with Crippen molar-refractivity contribution < 1.29 is 9.53 Å². The van der Waals surface area contributed by atoms with E-state index >= 15 is 0 Å². The fourth-order valence-corrected chi connectivity index (χ4v) is 2.93. The smallest absolute Gasteiger partial charge is 0.170 e. The molecule has 0 aromatic heterocycles. The number of ketones is 1. The Morgan fingerprint density at radius 1 is 1.10 bits per heavy atom. The molecule has 1 aliphatic heterocycles. The van der Waals surface area contributed by atoms with Crippen LogP contribution >= 0.6 is 23.2 Å². The van der Waals surface area contributed by atoms with Gasteiger partial charge in [-0.3, -0.25) is 4.79 Å². The zero-order chi connectivity index (χ0) is 14.3. The maximum absolute atomic E-state index is 12.2. The van der Waals surface area contributed by atoms with E-state index in [0.29, 0.717) is 27.8 Å². The van der Waals surface area contributed by atoms with E-state index in [2.05, 4.69) is 0 Å².